The Labute approximate surface area is 114 Å². The molecule has 0 aliphatic heterocycles. The van der Waals surface area contributed by atoms with Crippen molar-refractivity contribution in [3.05, 3.63) is 24.3 Å². The summed E-state index contributed by atoms with van der Waals surface area (Å²) in [7, 11) is -1.90. The highest BCUT2D eigenvalue weighted by molar-refractivity contribution is 7.89. The molecule has 0 aliphatic rings. The lowest BCUT2D eigenvalue weighted by atomic mass is 10.2. The van der Waals surface area contributed by atoms with Crippen molar-refractivity contribution in [3.63, 3.8) is 0 Å². The SMILES string of the molecule is COc1ccc(S(=O)(=O)NCCCCCCO)cc1. The molecule has 0 spiro atoms. The maximum Gasteiger partial charge on any atom is 0.240 e. The van der Waals surface area contributed by atoms with Crippen LogP contribution >= 0.6 is 0 Å². The number of methoxy groups -OCH3 is 1. The molecule has 6 heteroatoms. The van der Waals surface area contributed by atoms with Crippen molar-refractivity contribution in [2.75, 3.05) is 20.3 Å². The highest BCUT2D eigenvalue weighted by Crippen LogP contribution is 2.15. The van der Waals surface area contributed by atoms with E-state index < -0.39 is 10.0 Å². The Kier molecular flexibility index (Phi) is 6.83. The first-order valence-electron chi connectivity index (χ1n) is 6.35. The minimum atomic E-state index is -3.43. The Morgan fingerprint density at radius 2 is 1.74 bits per heavy atom. The summed E-state index contributed by atoms with van der Waals surface area (Å²) in [5, 5.41) is 8.62. The van der Waals surface area contributed by atoms with Crippen LogP contribution in [0.4, 0.5) is 0 Å². The van der Waals surface area contributed by atoms with E-state index in [1.54, 1.807) is 12.1 Å². The summed E-state index contributed by atoms with van der Waals surface area (Å²) >= 11 is 0. The number of hydrogen-bond donors (Lipinski definition) is 2. The smallest absolute Gasteiger partial charge is 0.240 e. The van der Waals surface area contributed by atoms with Gasteiger partial charge in [0.05, 0.1) is 12.0 Å². The fourth-order valence-corrected chi connectivity index (χ4v) is 2.71. The molecule has 5 nitrogen and oxygen atoms in total. The molecule has 1 rings (SSSR count). The van der Waals surface area contributed by atoms with Gasteiger partial charge in [-0.1, -0.05) is 12.8 Å². The van der Waals surface area contributed by atoms with Gasteiger partial charge in [0.2, 0.25) is 10.0 Å². The van der Waals surface area contributed by atoms with E-state index in [1.165, 1.54) is 19.2 Å². The van der Waals surface area contributed by atoms with Crippen LogP contribution in [0.25, 0.3) is 0 Å². The zero-order valence-corrected chi connectivity index (χ0v) is 11.9. The predicted molar refractivity (Wildman–Crippen MR) is 73.7 cm³/mol. The van der Waals surface area contributed by atoms with Crippen molar-refractivity contribution in [2.24, 2.45) is 0 Å². The first-order valence-corrected chi connectivity index (χ1v) is 7.83. The van der Waals surface area contributed by atoms with E-state index in [-0.39, 0.29) is 11.5 Å². The highest BCUT2D eigenvalue weighted by atomic mass is 32.2. The molecular formula is C13H21NO4S. The summed E-state index contributed by atoms with van der Waals surface area (Å²) in [6.45, 7) is 0.608. The monoisotopic (exact) mass is 287 g/mol. The molecule has 0 heterocycles. The van der Waals surface area contributed by atoms with Crippen molar-refractivity contribution in [3.8, 4) is 5.75 Å². The lowest BCUT2D eigenvalue weighted by Gasteiger charge is -2.07. The van der Waals surface area contributed by atoms with Crippen molar-refractivity contribution < 1.29 is 18.3 Å². The van der Waals surface area contributed by atoms with Crippen LogP contribution < -0.4 is 9.46 Å². The average molecular weight is 287 g/mol. The molecule has 19 heavy (non-hydrogen) atoms. The molecule has 0 atom stereocenters. The summed E-state index contributed by atoms with van der Waals surface area (Å²) in [6, 6.07) is 6.28. The Hall–Kier alpha value is -1.11. The van der Waals surface area contributed by atoms with Crippen LogP contribution in [0.1, 0.15) is 25.7 Å². The van der Waals surface area contributed by atoms with Crippen LogP contribution in [0.15, 0.2) is 29.2 Å². The third-order valence-corrected chi connectivity index (χ3v) is 4.22. The quantitative estimate of drug-likeness (QED) is 0.675. The Morgan fingerprint density at radius 1 is 1.11 bits per heavy atom. The van der Waals surface area contributed by atoms with E-state index in [0.29, 0.717) is 12.3 Å². The number of unbranched alkanes of at least 4 members (excludes halogenated alkanes) is 3. The van der Waals surface area contributed by atoms with E-state index in [0.717, 1.165) is 25.7 Å². The summed E-state index contributed by atoms with van der Waals surface area (Å²) < 4.78 is 31.4. The van der Waals surface area contributed by atoms with Gasteiger partial charge < -0.3 is 9.84 Å². The Balaban J connectivity index is 2.42. The van der Waals surface area contributed by atoms with E-state index in [9.17, 15) is 8.42 Å². The molecule has 2 N–H and O–H groups in total. The second-order valence-corrected chi connectivity index (χ2v) is 5.98. The highest BCUT2D eigenvalue weighted by Gasteiger charge is 2.12. The molecule has 1 aromatic carbocycles. The molecule has 0 bridgehead atoms. The Bertz CT molecular complexity index is 456. The zero-order valence-electron chi connectivity index (χ0n) is 11.1. The number of benzene rings is 1. The third kappa shape index (κ3) is 5.59. The zero-order chi connectivity index (χ0) is 14.1. The number of rotatable bonds is 9. The fraction of sp³-hybridized carbons (Fsp3) is 0.538. The van der Waals surface area contributed by atoms with Crippen LogP contribution in [0.5, 0.6) is 5.75 Å². The van der Waals surface area contributed by atoms with E-state index in [2.05, 4.69) is 4.72 Å². The first kappa shape index (κ1) is 15.9. The average Bonchev–Trinajstić information content (AvgIpc) is 2.43. The van der Waals surface area contributed by atoms with Gasteiger partial charge in [0.1, 0.15) is 5.75 Å². The number of hydrogen-bond acceptors (Lipinski definition) is 4. The van der Waals surface area contributed by atoms with E-state index in [1.807, 2.05) is 0 Å². The second kappa shape index (κ2) is 8.14. The molecule has 0 aliphatic carbocycles. The van der Waals surface area contributed by atoms with Gasteiger partial charge in [0.25, 0.3) is 0 Å². The van der Waals surface area contributed by atoms with Gasteiger partial charge in [-0.3, -0.25) is 0 Å². The van der Waals surface area contributed by atoms with Gasteiger partial charge in [-0.25, -0.2) is 13.1 Å². The van der Waals surface area contributed by atoms with Crippen LogP contribution in [0, 0.1) is 0 Å². The number of aliphatic hydroxyl groups excluding tert-OH is 1. The van der Waals surface area contributed by atoms with Crippen molar-refractivity contribution in [1.82, 2.24) is 4.72 Å². The number of nitrogens with one attached hydrogen (secondary N) is 1. The molecule has 0 unspecified atom stereocenters. The fourth-order valence-electron chi connectivity index (χ4n) is 1.64. The maximum absolute atomic E-state index is 11.9. The molecular weight excluding hydrogens is 266 g/mol. The number of aliphatic hydroxyl groups is 1. The molecule has 108 valence electrons. The first-order chi connectivity index (χ1) is 9.10. The van der Waals surface area contributed by atoms with Crippen LogP contribution in [-0.2, 0) is 10.0 Å². The molecule has 0 fully saturated rings. The molecule has 0 saturated heterocycles. The molecule has 0 aromatic heterocycles. The van der Waals surface area contributed by atoms with Crippen molar-refractivity contribution >= 4 is 10.0 Å². The van der Waals surface area contributed by atoms with Gasteiger partial charge in [0.15, 0.2) is 0 Å². The van der Waals surface area contributed by atoms with Gasteiger partial charge in [-0.2, -0.15) is 0 Å². The molecule has 0 saturated carbocycles. The topological polar surface area (TPSA) is 75.6 Å². The summed E-state index contributed by atoms with van der Waals surface area (Å²) in [6.07, 6.45) is 3.37. The van der Waals surface area contributed by atoms with E-state index in [4.69, 9.17) is 9.84 Å². The number of ether oxygens (including phenoxy) is 1. The second-order valence-electron chi connectivity index (χ2n) is 4.21. The third-order valence-electron chi connectivity index (χ3n) is 2.75. The lowest BCUT2D eigenvalue weighted by Crippen LogP contribution is -2.24. The van der Waals surface area contributed by atoms with Gasteiger partial charge in [-0.15, -0.1) is 0 Å². The standard InChI is InChI=1S/C13H21NO4S/c1-18-12-6-8-13(9-7-12)19(16,17)14-10-4-2-3-5-11-15/h6-9,14-15H,2-5,10-11H2,1H3. The maximum atomic E-state index is 11.9. The van der Waals surface area contributed by atoms with Crippen LogP contribution in [-0.4, -0.2) is 33.8 Å². The van der Waals surface area contributed by atoms with Crippen molar-refractivity contribution in [1.29, 1.82) is 0 Å². The van der Waals surface area contributed by atoms with Crippen molar-refractivity contribution in [2.45, 2.75) is 30.6 Å². The summed E-state index contributed by atoms with van der Waals surface area (Å²) in [5.74, 6) is 0.628. The minimum absolute atomic E-state index is 0.192. The van der Waals surface area contributed by atoms with Gasteiger partial charge in [0, 0.05) is 13.2 Å². The molecule has 0 amide bonds. The normalized spacial score (nSPS) is 11.5. The van der Waals surface area contributed by atoms with Gasteiger partial charge in [-0.05, 0) is 37.1 Å². The lowest BCUT2D eigenvalue weighted by molar-refractivity contribution is 0.282. The summed E-state index contributed by atoms with van der Waals surface area (Å²) in [4.78, 5) is 0.239. The minimum Gasteiger partial charge on any atom is -0.497 e. The van der Waals surface area contributed by atoms with Crippen LogP contribution in [0.3, 0.4) is 0 Å². The predicted octanol–water partition coefficient (Wildman–Crippen LogP) is 1.53. The largest absolute Gasteiger partial charge is 0.497 e. The number of sulfonamides is 1. The molecule has 0 radical (unpaired) electrons. The molecule has 1 aromatic rings. The van der Waals surface area contributed by atoms with Gasteiger partial charge >= 0.3 is 0 Å². The van der Waals surface area contributed by atoms with Crippen LogP contribution in [0.2, 0.25) is 0 Å². The van der Waals surface area contributed by atoms with E-state index >= 15 is 0 Å². The Morgan fingerprint density at radius 3 is 2.32 bits per heavy atom. The summed E-state index contributed by atoms with van der Waals surface area (Å²) in [5.41, 5.74) is 0.